The summed E-state index contributed by atoms with van der Waals surface area (Å²) < 4.78 is 24.5. The van der Waals surface area contributed by atoms with Crippen molar-refractivity contribution >= 4 is 0 Å². The van der Waals surface area contributed by atoms with Gasteiger partial charge in [0.2, 0.25) is 0 Å². The minimum absolute atomic E-state index is 0.518. The Kier molecular flexibility index (Phi) is 2.50. The van der Waals surface area contributed by atoms with Gasteiger partial charge in [-0.25, -0.2) is 8.78 Å². The summed E-state index contributed by atoms with van der Waals surface area (Å²) in [5.41, 5.74) is 7.09. The van der Waals surface area contributed by atoms with Crippen LogP contribution in [0.1, 0.15) is 35.9 Å². The molecule has 1 saturated carbocycles. The molecule has 0 spiro atoms. The van der Waals surface area contributed by atoms with Crippen molar-refractivity contribution in [2.45, 2.75) is 31.2 Å². The number of halogens is 2. The number of nitrogens with two attached hydrogens (primary N) is 1. The van der Waals surface area contributed by atoms with Gasteiger partial charge in [0.15, 0.2) is 0 Å². The van der Waals surface area contributed by atoms with Gasteiger partial charge in [0.05, 0.1) is 6.04 Å². The zero-order valence-electron chi connectivity index (χ0n) is 7.79. The van der Waals surface area contributed by atoms with E-state index in [1.165, 1.54) is 18.4 Å². The minimum Gasteiger partial charge on any atom is -0.319 e. The van der Waals surface area contributed by atoms with E-state index in [0.717, 1.165) is 0 Å². The van der Waals surface area contributed by atoms with Crippen LogP contribution in [0.3, 0.4) is 0 Å². The molecule has 0 amide bonds. The Morgan fingerprint density at radius 2 is 1.71 bits per heavy atom. The zero-order valence-corrected chi connectivity index (χ0v) is 7.79. The fraction of sp³-hybridized carbons (Fsp3) is 0.455. The predicted octanol–water partition coefficient (Wildman–Crippen LogP) is 2.83. The number of hydrogen-bond donors (Lipinski definition) is 1. The highest BCUT2D eigenvalue weighted by molar-refractivity contribution is 5.29. The van der Waals surface area contributed by atoms with Crippen LogP contribution < -0.4 is 5.73 Å². The summed E-state index contributed by atoms with van der Waals surface area (Å²) in [6.07, 6.45) is -0.0395. The average molecular weight is 197 g/mol. The first-order chi connectivity index (χ1) is 6.68. The fourth-order valence-electron chi connectivity index (χ4n) is 1.55. The van der Waals surface area contributed by atoms with E-state index in [0.29, 0.717) is 11.5 Å². The van der Waals surface area contributed by atoms with Crippen LogP contribution in [0.5, 0.6) is 0 Å². The molecule has 1 aliphatic carbocycles. The van der Waals surface area contributed by atoms with E-state index in [-0.39, 0.29) is 0 Å². The largest absolute Gasteiger partial charge is 0.319 e. The SMILES string of the molecule is NC(c1ccc(C2CC2)cc1)C(F)F. The van der Waals surface area contributed by atoms with Crippen molar-refractivity contribution in [2.24, 2.45) is 5.73 Å². The minimum atomic E-state index is -2.48. The molecule has 1 aliphatic rings. The zero-order chi connectivity index (χ0) is 10.1. The molecule has 0 saturated heterocycles. The van der Waals surface area contributed by atoms with Crippen LogP contribution in [0.4, 0.5) is 8.78 Å². The van der Waals surface area contributed by atoms with Crippen LogP contribution in [0.25, 0.3) is 0 Å². The molecule has 2 N–H and O–H groups in total. The van der Waals surface area contributed by atoms with E-state index in [2.05, 4.69) is 0 Å². The molecule has 0 aliphatic heterocycles. The third-order valence-corrected chi connectivity index (χ3v) is 2.64. The van der Waals surface area contributed by atoms with Crippen molar-refractivity contribution in [3.05, 3.63) is 35.4 Å². The second kappa shape index (κ2) is 3.65. The van der Waals surface area contributed by atoms with Crippen molar-refractivity contribution in [2.75, 3.05) is 0 Å². The third-order valence-electron chi connectivity index (χ3n) is 2.64. The van der Waals surface area contributed by atoms with E-state index < -0.39 is 12.5 Å². The Bertz CT molecular complexity index is 304. The first-order valence-electron chi connectivity index (χ1n) is 4.82. The smallest absolute Gasteiger partial charge is 0.257 e. The molecule has 1 aromatic rings. The molecule has 0 bridgehead atoms. The average Bonchev–Trinajstić information content (AvgIpc) is 3.00. The normalized spacial score (nSPS) is 18.6. The van der Waals surface area contributed by atoms with Crippen molar-refractivity contribution in [3.63, 3.8) is 0 Å². The maximum Gasteiger partial charge on any atom is 0.257 e. The Morgan fingerprint density at radius 3 is 2.14 bits per heavy atom. The quantitative estimate of drug-likeness (QED) is 0.792. The lowest BCUT2D eigenvalue weighted by molar-refractivity contribution is 0.116. The lowest BCUT2D eigenvalue weighted by Crippen LogP contribution is -2.18. The van der Waals surface area contributed by atoms with E-state index >= 15 is 0 Å². The summed E-state index contributed by atoms with van der Waals surface area (Å²) in [6, 6.07) is 6.10. The van der Waals surface area contributed by atoms with Gasteiger partial charge in [-0.2, -0.15) is 0 Å². The van der Waals surface area contributed by atoms with Gasteiger partial charge in [-0.3, -0.25) is 0 Å². The van der Waals surface area contributed by atoms with E-state index in [1.807, 2.05) is 12.1 Å². The van der Waals surface area contributed by atoms with Crippen LogP contribution in [-0.4, -0.2) is 6.43 Å². The summed E-state index contributed by atoms with van der Waals surface area (Å²) in [4.78, 5) is 0. The summed E-state index contributed by atoms with van der Waals surface area (Å²) >= 11 is 0. The van der Waals surface area contributed by atoms with Crippen LogP contribution in [-0.2, 0) is 0 Å². The van der Waals surface area contributed by atoms with Crippen molar-refractivity contribution in [1.29, 1.82) is 0 Å². The van der Waals surface area contributed by atoms with Gasteiger partial charge in [-0.15, -0.1) is 0 Å². The molecule has 1 nitrogen and oxygen atoms in total. The Balaban J connectivity index is 2.12. The number of benzene rings is 1. The second-order valence-corrected chi connectivity index (χ2v) is 3.80. The van der Waals surface area contributed by atoms with Crippen molar-refractivity contribution in [1.82, 2.24) is 0 Å². The maximum atomic E-state index is 12.3. The molecule has 76 valence electrons. The number of hydrogen-bond acceptors (Lipinski definition) is 1. The molecule has 3 heteroatoms. The van der Waals surface area contributed by atoms with Gasteiger partial charge in [0.25, 0.3) is 6.43 Å². The number of rotatable bonds is 3. The Hall–Kier alpha value is -0.960. The first kappa shape index (κ1) is 9.59. The summed E-state index contributed by atoms with van der Waals surface area (Å²) in [7, 11) is 0. The monoisotopic (exact) mass is 197 g/mol. The molecule has 0 radical (unpaired) electrons. The summed E-state index contributed by atoms with van der Waals surface area (Å²) in [6.45, 7) is 0. The first-order valence-corrected chi connectivity index (χ1v) is 4.82. The maximum absolute atomic E-state index is 12.3. The van der Waals surface area contributed by atoms with E-state index in [9.17, 15) is 8.78 Å². The molecule has 0 heterocycles. The molecular formula is C11H13F2N. The number of alkyl halides is 2. The van der Waals surface area contributed by atoms with Gasteiger partial charge in [0, 0.05) is 0 Å². The van der Waals surface area contributed by atoms with Gasteiger partial charge >= 0.3 is 0 Å². The molecule has 14 heavy (non-hydrogen) atoms. The summed E-state index contributed by atoms with van der Waals surface area (Å²) in [5, 5.41) is 0. The van der Waals surface area contributed by atoms with Gasteiger partial charge in [-0.1, -0.05) is 24.3 Å². The molecule has 1 unspecified atom stereocenters. The highest BCUT2D eigenvalue weighted by Crippen LogP contribution is 2.40. The van der Waals surface area contributed by atoms with Crippen LogP contribution in [0.15, 0.2) is 24.3 Å². The highest BCUT2D eigenvalue weighted by Gasteiger charge is 2.24. The second-order valence-electron chi connectivity index (χ2n) is 3.80. The lowest BCUT2D eigenvalue weighted by Gasteiger charge is -2.10. The molecule has 1 aromatic carbocycles. The molecule has 1 fully saturated rings. The molecular weight excluding hydrogens is 184 g/mol. The standard InChI is InChI=1S/C11H13F2N/c12-11(13)10(14)9-5-3-8(4-6-9)7-1-2-7/h3-7,10-11H,1-2,14H2. The summed E-state index contributed by atoms with van der Waals surface area (Å²) in [5.74, 6) is 0.659. The highest BCUT2D eigenvalue weighted by atomic mass is 19.3. The Morgan fingerprint density at radius 1 is 1.14 bits per heavy atom. The topological polar surface area (TPSA) is 26.0 Å². The van der Waals surface area contributed by atoms with Crippen LogP contribution in [0.2, 0.25) is 0 Å². The lowest BCUT2D eigenvalue weighted by atomic mass is 10.0. The predicted molar refractivity (Wildman–Crippen MR) is 51.3 cm³/mol. The van der Waals surface area contributed by atoms with E-state index in [1.54, 1.807) is 12.1 Å². The van der Waals surface area contributed by atoms with Crippen LogP contribution >= 0.6 is 0 Å². The fourth-order valence-corrected chi connectivity index (χ4v) is 1.55. The molecule has 2 rings (SSSR count). The van der Waals surface area contributed by atoms with Crippen molar-refractivity contribution < 1.29 is 8.78 Å². The Labute approximate surface area is 81.9 Å². The molecule has 0 aromatic heterocycles. The van der Waals surface area contributed by atoms with Gasteiger partial charge in [-0.05, 0) is 29.9 Å². The van der Waals surface area contributed by atoms with Crippen molar-refractivity contribution in [3.8, 4) is 0 Å². The van der Waals surface area contributed by atoms with Gasteiger partial charge < -0.3 is 5.73 Å². The van der Waals surface area contributed by atoms with Gasteiger partial charge in [0.1, 0.15) is 0 Å². The van der Waals surface area contributed by atoms with Crippen LogP contribution in [0, 0.1) is 0 Å². The van der Waals surface area contributed by atoms with E-state index in [4.69, 9.17) is 5.73 Å². The molecule has 1 atom stereocenters. The third kappa shape index (κ3) is 1.93.